The number of anilines is 4. The fraction of sp³-hybridized carbons (Fsp3) is 0.452. The molecule has 3 heterocycles. The minimum Gasteiger partial charge on any atom is -0.492 e. The maximum Gasteiger partial charge on any atom is 0.254 e. The molecule has 0 bridgehead atoms. The average Bonchev–Trinajstić information content (AvgIpc) is 3.33. The first-order valence-corrected chi connectivity index (χ1v) is 20.2. The van der Waals surface area contributed by atoms with Crippen LogP contribution in [0.4, 0.5) is 22.7 Å². The minimum absolute atomic E-state index is 0.120. The Morgan fingerprint density at radius 1 is 1.02 bits per heavy atom. The summed E-state index contributed by atoms with van der Waals surface area (Å²) in [6, 6.07) is 20.1. The van der Waals surface area contributed by atoms with E-state index in [1.165, 1.54) is 0 Å². The molecule has 3 saturated heterocycles. The third-order valence-electron chi connectivity index (χ3n) is 11.0. The largest absolute Gasteiger partial charge is 0.492 e. The average molecular weight is 815 g/mol. The molecular formula is C42H51ClN8O5S. The van der Waals surface area contributed by atoms with Gasteiger partial charge in [-0.15, -0.1) is 12.6 Å². The zero-order chi connectivity index (χ0) is 41.2. The molecule has 4 atom stereocenters. The van der Waals surface area contributed by atoms with Crippen LogP contribution in [0.1, 0.15) is 71.4 Å². The van der Waals surface area contributed by atoms with Crippen LogP contribution in [-0.2, 0) is 19.2 Å². The van der Waals surface area contributed by atoms with Crippen LogP contribution < -0.4 is 30.5 Å². The Balaban J connectivity index is 1.03. The van der Waals surface area contributed by atoms with Crippen LogP contribution in [0, 0.1) is 11.3 Å². The van der Waals surface area contributed by atoms with E-state index in [-0.39, 0.29) is 59.6 Å². The molecule has 0 spiro atoms. The predicted octanol–water partition coefficient (Wildman–Crippen LogP) is 5.81. The minimum atomic E-state index is -0.916. The summed E-state index contributed by atoms with van der Waals surface area (Å²) in [5.41, 5.74) is 2.55. The zero-order valence-electron chi connectivity index (χ0n) is 33.2. The van der Waals surface area contributed by atoms with Gasteiger partial charge in [0, 0.05) is 60.9 Å². The van der Waals surface area contributed by atoms with E-state index < -0.39 is 17.1 Å². The molecule has 3 aromatic rings. The smallest absolute Gasteiger partial charge is 0.254 e. The van der Waals surface area contributed by atoms with E-state index in [2.05, 4.69) is 65.6 Å². The van der Waals surface area contributed by atoms with Crippen LogP contribution in [-0.4, -0.2) is 95.4 Å². The molecule has 3 aliphatic rings. The lowest BCUT2D eigenvalue weighted by Gasteiger charge is -2.43. The Hall–Kier alpha value is -4.81. The van der Waals surface area contributed by atoms with E-state index in [1.54, 1.807) is 29.2 Å². The summed E-state index contributed by atoms with van der Waals surface area (Å²) >= 11 is 11.3. The van der Waals surface area contributed by atoms with E-state index >= 15 is 0 Å². The van der Waals surface area contributed by atoms with Gasteiger partial charge in [-0.1, -0.05) is 31.5 Å². The summed E-state index contributed by atoms with van der Waals surface area (Å²) in [5.74, 6) is 0.0644. The van der Waals surface area contributed by atoms with Gasteiger partial charge in [-0.05, 0) is 100 Å². The van der Waals surface area contributed by atoms with Crippen LogP contribution in [0.5, 0.6) is 5.75 Å². The molecule has 3 aliphatic heterocycles. The van der Waals surface area contributed by atoms with E-state index in [4.69, 9.17) is 29.0 Å². The van der Waals surface area contributed by atoms with Crippen LogP contribution in [0.25, 0.3) is 0 Å². The number of halogens is 1. The number of rotatable bonds is 12. The van der Waals surface area contributed by atoms with Gasteiger partial charge in [-0.3, -0.25) is 39.2 Å². The van der Waals surface area contributed by atoms with Crippen molar-refractivity contribution >= 4 is 70.6 Å². The van der Waals surface area contributed by atoms with Crippen molar-refractivity contribution < 1.29 is 23.9 Å². The normalized spacial score (nSPS) is 22.7. The van der Waals surface area contributed by atoms with Crippen molar-refractivity contribution in [3.05, 3.63) is 76.8 Å². The summed E-state index contributed by atoms with van der Waals surface area (Å²) in [6.07, 6.45) is 0.698. The second-order valence-electron chi connectivity index (χ2n) is 15.9. The third-order valence-corrected chi connectivity index (χ3v) is 11.8. The molecule has 3 N–H and O–H groups in total. The summed E-state index contributed by atoms with van der Waals surface area (Å²) < 4.78 is 6.44. The molecule has 13 nitrogen and oxygen atoms in total. The Morgan fingerprint density at radius 2 is 1.72 bits per heavy atom. The molecule has 57 heavy (non-hydrogen) atoms. The molecule has 0 radical (unpaired) electrons. The summed E-state index contributed by atoms with van der Waals surface area (Å²) in [7, 11) is 0. The SMILES string of the molecule is CC(C)c1cc(N2[C@@H](S)N(c3ccc(C#N)c(Cl)c3)C(=O)C2(C)C)ccc1OCCN1C[C@@H](C)N(CC(=O)Nc2cccc(NC3CCC(=O)NC3=O)c2)C[C@H]1C. The lowest BCUT2D eigenvalue weighted by atomic mass is 9.98. The van der Waals surface area contributed by atoms with Crippen molar-refractivity contribution in [2.75, 3.05) is 53.2 Å². The number of hydrogen-bond donors (Lipinski definition) is 4. The number of benzene rings is 3. The number of imide groups is 1. The number of carbonyl (C=O) groups is 4. The molecule has 0 aromatic heterocycles. The van der Waals surface area contributed by atoms with Crippen molar-refractivity contribution in [1.82, 2.24) is 15.1 Å². The number of piperazine rings is 1. The molecule has 302 valence electrons. The van der Waals surface area contributed by atoms with Crippen LogP contribution in [0.3, 0.4) is 0 Å². The zero-order valence-corrected chi connectivity index (χ0v) is 34.9. The van der Waals surface area contributed by atoms with Crippen LogP contribution in [0.15, 0.2) is 60.7 Å². The standard InChI is InChI=1S/C42H51ClN8O5S/c1-25(2)33-19-32(51-41(57)50(40(55)42(51,5)6)31-11-10-28(21-44)34(43)20-31)12-14-36(33)56-17-16-48-22-27(4)49(23-26(48)3)24-38(53)46-30-9-7-8-29(18-30)45-35-13-15-37(52)47-39(35)54/h7-12,14,18-20,25-27,35,41,45,57H,13,15-17,22-24H2,1-6H3,(H,46,53)(H,47,52,54)/t26-,27-,35?,41+/m1/s1. The van der Waals surface area contributed by atoms with E-state index in [1.807, 2.05) is 49.1 Å². The highest BCUT2D eigenvalue weighted by Gasteiger charge is 2.51. The van der Waals surface area contributed by atoms with Gasteiger partial charge < -0.3 is 20.3 Å². The number of thiol groups is 1. The Bertz CT molecular complexity index is 2070. The van der Waals surface area contributed by atoms with Crippen molar-refractivity contribution in [2.45, 2.75) is 89.5 Å². The first-order chi connectivity index (χ1) is 27.1. The highest BCUT2D eigenvalue weighted by atomic mass is 35.5. The molecule has 0 saturated carbocycles. The fourth-order valence-corrected chi connectivity index (χ4v) is 8.68. The molecule has 6 rings (SSSR count). The van der Waals surface area contributed by atoms with Gasteiger partial charge in [-0.25, -0.2) is 0 Å². The highest BCUT2D eigenvalue weighted by molar-refractivity contribution is 7.81. The number of carbonyl (C=O) groups excluding carboxylic acids is 4. The van der Waals surface area contributed by atoms with E-state index in [0.717, 1.165) is 30.1 Å². The maximum atomic E-state index is 13.8. The fourth-order valence-electron chi connectivity index (χ4n) is 7.81. The molecule has 3 fully saturated rings. The third kappa shape index (κ3) is 9.17. The van der Waals surface area contributed by atoms with E-state index in [9.17, 15) is 24.4 Å². The first kappa shape index (κ1) is 41.8. The number of ether oxygens (including phenoxy) is 1. The van der Waals surface area contributed by atoms with Crippen molar-refractivity contribution in [3.63, 3.8) is 0 Å². The van der Waals surface area contributed by atoms with Gasteiger partial charge in [0.15, 0.2) is 5.50 Å². The number of nitrogens with one attached hydrogen (secondary N) is 3. The second kappa shape index (κ2) is 17.4. The summed E-state index contributed by atoms with van der Waals surface area (Å²) in [4.78, 5) is 58.8. The van der Waals surface area contributed by atoms with Gasteiger partial charge in [0.1, 0.15) is 30.0 Å². The molecule has 1 unspecified atom stereocenters. The monoisotopic (exact) mass is 814 g/mol. The van der Waals surface area contributed by atoms with Crippen molar-refractivity contribution in [1.29, 1.82) is 5.26 Å². The summed E-state index contributed by atoms with van der Waals surface area (Å²) in [6.45, 7) is 15.2. The molecule has 0 aliphatic carbocycles. The van der Waals surface area contributed by atoms with Gasteiger partial charge >= 0.3 is 0 Å². The topological polar surface area (TPSA) is 150 Å². The Morgan fingerprint density at radius 3 is 2.42 bits per heavy atom. The molecular weight excluding hydrogens is 764 g/mol. The van der Waals surface area contributed by atoms with Gasteiger partial charge in [0.25, 0.3) is 5.91 Å². The van der Waals surface area contributed by atoms with Crippen LogP contribution >= 0.6 is 24.2 Å². The van der Waals surface area contributed by atoms with E-state index in [0.29, 0.717) is 42.2 Å². The number of nitrogens with zero attached hydrogens (tertiary/aromatic N) is 5. The van der Waals surface area contributed by atoms with Crippen molar-refractivity contribution in [2.24, 2.45) is 0 Å². The first-order valence-electron chi connectivity index (χ1n) is 19.3. The molecule has 3 aromatic carbocycles. The quantitative estimate of drug-likeness (QED) is 0.130. The van der Waals surface area contributed by atoms with Gasteiger partial charge in [0.2, 0.25) is 17.7 Å². The van der Waals surface area contributed by atoms with Crippen molar-refractivity contribution in [3.8, 4) is 11.8 Å². The lowest BCUT2D eigenvalue weighted by molar-refractivity contribution is -0.133. The Labute approximate surface area is 345 Å². The molecule has 4 amide bonds. The number of amides is 4. The van der Waals surface area contributed by atoms with Gasteiger partial charge in [0.05, 0.1) is 17.1 Å². The summed E-state index contributed by atoms with van der Waals surface area (Å²) in [5, 5.41) is 18.1. The van der Waals surface area contributed by atoms with Gasteiger partial charge in [-0.2, -0.15) is 5.26 Å². The Kier molecular flexibility index (Phi) is 12.7. The molecule has 15 heteroatoms. The van der Waals surface area contributed by atoms with Crippen LogP contribution in [0.2, 0.25) is 5.02 Å². The maximum absolute atomic E-state index is 13.8. The highest BCUT2D eigenvalue weighted by Crippen LogP contribution is 2.43. The lowest BCUT2D eigenvalue weighted by Crippen LogP contribution is -2.58. The number of hydrogen-bond acceptors (Lipinski definition) is 11. The number of piperidine rings is 1. The predicted molar refractivity (Wildman–Crippen MR) is 226 cm³/mol. The second-order valence-corrected chi connectivity index (χ2v) is 16.7. The number of nitriles is 1.